The van der Waals surface area contributed by atoms with Crippen LogP contribution < -0.4 is 10.0 Å². The number of sulfonamides is 1. The Balaban J connectivity index is 1.50. The summed E-state index contributed by atoms with van der Waals surface area (Å²) in [7, 11) is -3.48. The average Bonchev–Trinajstić information content (AvgIpc) is 3.47. The van der Waals surface area contributed by atoms with Crippen LogP contribution in [0.25, 0.3) is 11.4 Å². The van der Waals surface area contributed by atoms with E-state index < -0.39 is 10.0 Å². The number of rotatable bonds is 8. The number of nitrogens with zero attached hydrogens (tertiary/aromatic N) is 4. The normalized spacial score (nSPS) is 14.3. The second-order valence-electron chi connectivity index (χ2n) is 7.86. The molecule has 0 atom stereocenters. The monoisotopic (exact) mass is 426 g/mol. The van der Waals surface area contributed by atoms with Crippen LogP contribution in [0.2, 0.25) is 0 Å². The molecule has 1 fully saturated rings. The molecule has 2 aromatic heterocycles. The van der Waals surface area contributed by atoms with Gasteiger partial charge in [0.2, 0.25) is 16.0 Å². The van der Waals surface area contributed by atoms with E-state index >= 15 is 0 Å². The third-order valence-corrected chi connectivity index (χ3v) is 6.54. The van der Waals surface area contributed by atoms with Crippen LogP contribution in [0.5, 0.6) is 0 Å². The number of benzene rings is 1. The van der Waals surface area contributed by atoms with Crippen molar-refractivity contribution in [2.24, 2.45) is 5.92 Å². The topological polar surface area (TPSA) is 102 Å². The van der Waals surface area contributed by atoms with Crippen molar-refractivity contribution in [3.8, 4) is 11.4 Å². The van der Waals surface area contributed by atoms with Crippen LogP contribution in [0.1, 0.15) is 38.6 Å². The Morgan fingerprint density at radius 1 is 1.13 bits per heavy atom. The van der Waals surface area contributed by atoms with Gasteiger partial charge >= 0.3 is 0 Å². The zero-order valence-electron chi connectivity index (χ0n) is 17.3. The molecule has 0 radical (unpaired) electrons. The molecule has 2 N–H and O–H groups in total. The van der Waals surface area contributed by atoms with Gasteiger partial charge in [-0.15, -0.1) is 0 Å². The lowest BCUT2D eigenvalue weighted by atomic mass is 10.2. The minimum absolute atomic E-state index is 0.250. The summed E-state index contributed by atoms with van der Waals surface area (Å²) in [5.41, 5.74) is 2.41. The minimum Gasteiger partial charge on any atom is -0.324 e. The summed E-state index contributed by atoms with van der Waals surface area (Å²) in [6.45, 7) is 6.69. The van der Waals surface area contributed by atoms with Crippen molar-refractivity contribution in [3.05, 3.63) is 48.5 Å². The summed E-state index contributed by atoms with van der Waals surface area (Å²) in [5.74, 6) is 1.85. The van der Waals surface area contributed by atoms with Gasteiger partial charge in [-0.1, -0.05) is 0 Å². The molecule has 9 heteroatoms. The van der Waals surface area contributed by atoms with Crippen molar-refractivity contribution >= 4 is 21.7 Å². The Morgan fingerprint density at radius 3 is 2.53 bits per heavy atom. The summed E-state index contributed by atoms with van der Waals surface area (Å²) < 4.78 is 29.5. The zero-order valence-corrected chi connectivity index (χ0v) is 18.1. The smallest absolute Gasteiger partial charge is 0.240 e. The van der Waals surface area contributed by atoms with E-state index in [0.717, 1.165) is 30.1 Å². The molecule has 158 valence electrons. The Morgan fingerprint density at radius 2 is 1.87 bits per heavy atom. The van der Waals surface area contributed by atoms with Gasteiger partial charge < -0.3 is 9.88 Å². The summed E-state index contributed by atoms with van der Waals surface area (Å²) in [6.07, 6.45) is 5.71. The average molecular weight is 427 g/mol. The van der Waals surface area contributed by atoms with E-state index in [0.29, 0.717) is 24.1 Å². The predicted molar refractivity (Wildman–Crippen MR) is 116 cm³/mol. The highest BCUT2D eigenvalue weighted by Crippen LogP contribution is 2.28. The van der Waals surface area contributed by atoms with Gasteiger partial charge in [0.25, 0.3) is 0 Å². The second kappa shape index (κ2) is 8.16. The maximum atomic E-state index is 12.4. The fourth-order valence-electron chi connectivity index (χ4n) is 3.34. The van der Waals surface area contributed by atoms with E-state index in [4.69, 9.17) is 0 Å². The van der Waals surface area contributed by atoms with E-state index in [1.165, 1.54) is 0 Å². The van der Waals surface area contributed by atoms with E-state index in [2.05, 4.69) is 43.4 Å². The van der Waals surface area contributed by atoms with Crippen LogP contribution in [-0.2, 0) is 10.0 Å². The van der Waals surface area contributed by atoms with Crippen molar-refractivity contribution in [2.45, 2.75) is 44.6 Å². The summed E-state index contributed by atoms with van der Waals surface area (Å²) in [5, 5.41) is 3.14. The molecule has 0 amide bonds. The summed E-state index contributed by atoms with van der Waals surface area (Å²) >= 11 is 0. The Bertz CT molecular complexity index is 1130. The highest BCUT2D eigenvalue weighted by molar-refractivity contribution is 7.89. The second-order valence-corrected chi connectivity index (χ2v) is 9.63. The van der Waals surface area contributed by atoms with Gasteiger partial charge in [0.1, 0.15) is 5.82 Å². The minimum atomic E-state index is -3.48. The number of hydrogen-bond acceptors (Lipinski definition) is 6. The standard InChI is InChI=1S/C21H26N6O2S/c1-14(2)27-15(3)23-13-20(27)19-10-11-22-21(26-19)25-17-6-8-18(9-7-17)30(28,29)24-12-16-4-5-16/h6-11,13-14,16,24H,4-5,12H2,1-3H3,(H,22,25,26). The molecule has 0 unspecified atom stereocenters. The molecule has 0 saturated heterocycles. The maximum absolute atomic E-state index is 12.4. The van der Waals surface area contributed by atoms with Gasteiger partial charge in [0.05, 0.1) is 22.5 Å². The molecular weight excluding hydrogens is 400 g/mol. The van der Waals surface area contributed by atoms with Crippen LogP contribution in [0, 0.1) is 12.8 Å². The molecule has 1 saturated carbocycles. The predicted octanol–water partition coefficient (Wildman–Crippen LogP) is 3.66. The maximum Gasteiger partial charge on any atom is 0.240 e. The molecule has 8 nitrogen and oxygen atoms in total. The van der Waals surface area contributed by atoms with Crippen molar-refractivity contribution < 1.29 is 8.42 Å². The molecule has 1 aliphatic carbocycles. The molecule has 4 rings (SSSR count). The van der Waals surface area contributed by atoms with Crippen LogP contribution in [-0.4, -0.2) is 34.5 Å². The van der Waals surface area contributed by atoms with Gasteiger partial charge in [-0.25, -0.2) is 28.1 Å². The molecule has 0 aliphatic heterocycles. The van der Waals surface area contributed by atoms with Crippen molar-refractivity contribution in [1.29, 1.82) is 0 Å². The van der Waals surface area contributed by atoms with Gasteiger partial charge in [-0.2, -0.15) is 0 Å². The quantitative estimate of drug-likeness (QED) is 0.570. The Kier molecular flexibility index (Phi) is 5.57. The number of imidazole rings is 1. The lowest BCUT2D eigenvalue weighted by Crippen LogP contribution is -2.25. The van der Waals surface area contributed by atoms with Crippen molar-refractivity contribution in [1.82, 2.24) is 24.2 Å². The van der Waals surface area contributed by atoms with Crippen LogP contribution >= 0.6 is 0 Å². The lowest BCUT2D eigenvalue weighted by Gasteiger charge is -2.14. The van der Waals surface area contributed by atoms with Crippen molar-refractivity contribution in [3.63, 3.8) is 0 Å². The van der Waals surface area contributed by atoms with Gasteiger partial charge in [0, 0.05) is 24.5 Å². The number of anilines is 2. The highest BCUT2D eigenvalue weighted by Gasteiger charge is 2.24. The highest BCUT2D eigenvalue weighted by atomic mass is 32.2. The molecule has 1 aromatic carbocycles. The third kappa shape index (κ3) is 4.52. The fraction of sp³-hybridized carbons (Fsp3) is 0.381. The van der Waals surface area contributed by atoms with Gasteiger partial charge in [0.15, 0.2) is 0 Å². The summed E-state index contributed by atoms with van der Waals surface area (Å²) in [4.78, 5) is 13.6. The van der Waals surface area contributed by atoms with Crippen LogP contribution in [0.4, 0.5) is 11.6 Å². The number of hydrogen-bond donors (Lipinski definition) is 2. The van der Waals surface area contributed by atoms with E-state index in [9.17, 15) is 8.42 Å². The van der Waals surface area contributed by atoms with Crippen molar-refractivity contribution in [2.75, 3.05) is 11.9 Å². The lowest BCUT2D eigenvalue weighted by molar-refractivity contribution is 0.577. The molecule has 2 heterocycles. The van der Waals surface area contributed by atoms with E-state index in [-0.39, 0.29) is 10.9 Å². The molecular formula is C21H26N6O2S. The van der Waals surface area contributed by atoms with Gasteiger partial charge in [-0.3, -0.25) is 0 Å². The molecule has 3 aromatic rings. The number of aryl methyl sites for hydroxylation is 1. The molecule has 30 heavy (non-hydrogen) atoms. The van der Waals surface area contributed by atoms with E-state index in [1.807, 2.05) is 19.2 Å². The first-order valence-corrected chi connectivity index (χ1v) is 11.6. The summed E-state index contributed by atoms with van der Waals surface area (Å²) in [6, 6.07) is 8.70. The third-order valence-electron chi connectivity index (χ3n) is 5.10. The fourth-order valence-corrected chi connectivity index (χ4v) is 4.45. The number of nitrogens with one attached hydrogen (secondary N) is 2. The zero-order chi connectivity index (χ0) is 21.3. The van der Waals surface area contributed by atoms with Crippen LogP contribution in [0.3, 0.4) is 0 Å². The SMILES string of the molecule is Cc1ncc(-c2ccnc(Nc3ccc(S(=O)(=O)NCC4CC4)cc3)n2)n1C(C)C. The van der Waals surface area contributed by atoms with Gasteiger partial charge in [-0.05, 0) is 69.9 Å². The Labute approximate surface area is 176 Å². The molecule has 0 spiro atoms. The molecule has 0 bridgehead atoms. The van der Waals surface area contributed by atoms with Crippen LogP contribution in [0.15, 0.2) is 47.6 Å². The first-order chi connectivity index (χ1) is 14.3. The first kappa shape index (κ1) is 20.5. The molecule has 1 aliphatic rings. The largest absolute Gasteiger partial charge is 0.324 e. The first-order valence-electron chi connectivity index (χ1n) is 10.1. The van der Waals surface area contributed by atoms with E-state index in [1.54, 1.807) is 30.5 Å². The Hall–Kier alpha value is -2.78. The number of aromatic nitrogens is 4.